The predicted octanol–water partition coefficient (Wildman–Crippen LogP) is 6.85. The van der Waals surface area contributed by atoms with Crippen LogP contribution in [0.3, 0.4) is 0 Å². The first kappa shape index (κ1) is 46.1. The van der Waals surface area contributed by atoms with Crippen molar-refractivity contribution in [3.8, 4) is 11.3 Å². The molecular weight excluding hydrogens is 868 g/mol. The van der Waals surface area contributed by atoms with E-state index in [-0.39, 0.29) is 34.6 Å². The number of carbonyl (C=O) groups is 2. The van der Waals surface area contributed by atoms with Crippen molar-refractivity contribution in [3.05, 3.63) is 117 Å². The fraction of sp³-hybridized carbons (Fsp3) is 0.431. The summed E-state index contributed by atoms with van der Waals surface area (Å²) >= 11 is 6.44. The SMILES string of the molecule is C=CC(=O)Nc1cc(Nc2nc(-c3ccnc(N4CCn5c(cc6c5CC(C)(C)C6)C4=O)c3CO)cn(C)c2=O)ccc1N1CCN(C2CCN(c3ccc(Cl)c(C(C)(C)O)c3)CC2)CC1C. The number of aromatic nitrogens is 4. The average molecular weight is 930 g/mol. The number of halogens is 1. The highest BCUT2D eigenvalue weighted by atomic mass is 35.5. The Hall–Kier alpha value is -6.00. The van der Waals surface area contributed by atoms with Crippen LogP contribution < -0.4 is 30.9 Å². The minimum absolute atomic E-state index is 0.0436. The molecule has 16 heteroatoms. The first-order chi connectivity index (χ1) is 31.9. The van der Waals surface area contributed by atoms with Gasteiger partial charge in [0, 0.05) is 116 Å². The maximum Gasteiger partial charge on any atom is 0.293 e. The predicted molar refractivity (Wildman–Crippen MR) is 265 cm³/mol. The maximum absolute atomic E-state index is 14.0. The van der Waals surface area contributed by atoms with Crippen molar-refractivity contribution in [1.29, 1.82) is 0 Å². The Morgan fingerprint density at radius 1 is 1.01 bits per heavy atom. The zero-order valence-corrected chi connectivity index (χ0v) is 40.0. The fourth-order valence-electron chi connectivity index (χ4n) is 10.7. The monoisotopic (exact) mass is 928 g/mol. The van der Waals surface area contributed by atoms with Gasteiger partial charge in [-0.3, -0.25) is 24.2 Å². The Kier molecular flexibility index (Phi) is 12.3. The van der Waals surface area contributed by atoms with Gasteiger partial charge in [-0.2, -0.15) is 0 Å². The molecule has 4 aliphatic rings. The summed E-state index contributed by atoms with van der Waals surface area (Å²) < 4.78 is 3.57. The first-order valence-corrected chi connectivity index (χ1v) is 23.6. The number of piperazine rings is 1. The van der Waals surface area contributed by atoms with E-state index in [9.17, 15) is 24.6 Å². The summed E-state index contributed by atoms with van der Waals surface area (Å²) in [7, 11) is 1.64. The van der Waals surface area contributed by atoms with E-state index in [1.807, 2.05) is 36.4 Å². The number of pyridine rings is 1. The molecule has 1 atom stereocenters. The quantitative estimate of drug-likeness (QED) is 0.103. The summed E-state index contributed by atoms with van der Waals surface area (Å²) in [5.41, 5.74) is 6.97. The van der Waals surface area contributed by atoms with Crippen molar-refractivity contribution in [2.45, 2.75) is 91.1 Å². The van der Waals surface area contributed by atoms with E-state index in [1.165, 1.54) is 21.9 Å². The molecule has 2 saturated heterocycles. The van der Waals surface area contributed by atoms with Crippen LogP contribution in [0, 0.1) is 5.41 Å². The minimum Gasteiger partial charge on any atom is -0.392 e. The Morgan fingerprint density at radius 3 is 2.51 bits per heavy atom. The molecule has 9 rings (SSSR count). The Balaban J connectivity index is 0.916. The highest BCUT2D eigenvalue weighted by molar-refractivity contribution is 6.31. The smallest absolute Gasteiger partial charge is 0.293 e. The number of aliphatic hydroxyl groups excluding tert-OH is 1. The van der Waals surface area contributed by atoms with E-state index in [2.05, 4.69) is 62.2 Å². The van der Waals surface area contributed by atoms with Gasteiger partial charge in [-0.15, -0.1) is 0 Å². The lowest BCUT2D eigenvalue weighted by Gasteiger charge is -2.47. The number of hydrogen-bond donors (Lipinski definition) is 4. The molecule has 1 unspecified atom stereocenters. The van der Waals surface area contributed by atoms with Crippen LogP contribution in [0.1, 0.15) is 80.3 Å². The van der Waals surface area contributed by atoms with Crippen molar-refractivity contribution in [3.63, 3.8) is 0 Å². The second-order valence-corrected chi connectivity index (χ2v) is 20.3. The van der Waals surface area contributed by atoms with Crippen molar-refractivity contribution in [2.24, 2.45) is 12.5 Å². The molecule has 67 heavy (non-hydrogen) atoms. The number of fused-ring (bicyclic) bond motifs is 3. The molecule has 0 radical (unpaired) electrons. The molecular formula is C51H61ClN10O5. The van der Waals surface area contributed by atoms with Crippen LogP contribution in [-0.2, 0) is 43.4 Å². The number of nitrogens with zero attached hydrogens (tertiary/aromatic N) is 8. The van der Waals surface area contributed by atoms with Crippen LogP contribution in [-0.4, -0.2) is 97.4 Å². The molecule has 0 spiro atoms. The zero-order valence-electron chi connectivity index (χ0n) is 39.3. The number of nitrogens with one attached hydrogen (secondary N) is 2. The molecule has 5 aromatic rings. The lowest BCUT2D eigenvalue weighted by atomic mass is 9.90. The van der Waals surface area contributed by atoms with Crippen molar-refractivity contribution in [2.75, 3.05) is 64.6 Å². The molecule has 2 aromatic carbocycles. The first-order valence-electron chi connectivity index (χ1n) is 23.3. The lowest BCUT2D eigenvalue weighted by molar-refractivity contribution is -0.111. The van der Waals surface area contributed by atoms with Crippen LogP contribution in [0.4, 0.5) is 34.4 Å². The van der Waals surface area contributed by atoms with E-state index < -0.39 is 12.2 Å². The molecule has 0 saturated carbocycles. The van der Waals surface area contributed by atoms with Crippen LogP contribution in [0.15, 0.2) is 78.4 Å². The number of anilines is 6. The summed E-state index contributed by atoms with van der Waals surface area (Å²) in [6.45, 7) is 18.8. The van der Waals surface area contributed by atoms with E-state index >= 15 is 0 Å². The van der Waals surface area contributed by atoms with Crippen molar-refractivity contribution >= 4 is 57.8 Å². The van der Waals surface area contributed by atoms with Gasteiger partial charge in [-0.05, 0) is 112 Å². The number of rotatable bonds is 11. The Morgan fingerprint density at radius 2 is 1.79 bits per heavy atom. The summed E-state index contributed by atoms with van der Waals surface area (Å²) in [6, 6.07) is 15.9. The number of carbonyl (C=O) groups excluding carboxylic acids is 2. The molecule has 4 N–H and O–H groups in total. The van der Waals surface area contributed by atoms with Crippen LogP contribution in [0.5, 0.6) is 0 Å². The molecule has 1 aliphatic carbocycles. The summed E-state index contributed by atoms with van der Waals surface area (Å²) in [5.74, 6) is -0.121. The van der Waals surface area contributed by atoms with Gasteiger partial charge >= 0.3 is 0 Å². The topological polar surface area (TPSA) is 164 Å². The third kappa shape index (κ3) is 8.97. The average Bonchev–Trinajstić information content (AvgIpc) is 3.79. The molecule has 2 amide bonds. The van der Waals surface area contributed by atoms with Gasteiger partial charge < -0.3 is 39.8 Å². The van der Waals surface area contributed by atoms with Crippen LogP contribution >= 0.6 is 11.6 Å². The van der Waals surface area contributed by atoms with Gasteiger partial charge in [0.1, 0.15) is 11.5 Å². The lowest BCUT2D eigenvalue weighted by Crippen LogP contribution is -2.57. The zero-order chi connectivity index (χ0) is 47.5. The number of amides is 2. The van der Waals surface area contributed by atoms with Crippen LogP contribution in [0.2, 0.25) is 5.02 Å². The van der Waals surface area contributed by atoms with Crippen molar-refractivity contribution < 1.29 is 19.8 Å². The van der Waals surface area contributed by atoms with Gasteiger partial charge in [-0.1, -0.05) is 32.0 Å². The number of hydrogen-bond acceptors (Lipinski definition) is 11. The van der Waals surface area contributed by atoms with Crippen molar-refractivity contribution in [1.82, 2.24) is 24.0 Å². The number of aryl methyl sites for hydroxylation is 1. The second kappa shape index (κ2) is 17.9. The largest absolute Gasteiger partial charge is 0.392 e. The number of aliphatic hydroxyl groups is 2. The molecule has 2 fully saturated rings. The molecule has 3 aliphatic heterocycles. The van der Waals surface area contributed by atoms with Gasteiger partial charge in [0.25, 0.3) is 11.5 Å². The Labute approximate surface area is 396 Å². The fourth-order valence-corrected chi connectivity index (χ4v) is 11.0. The number of piperidine rings is 1. The van der Waals surface area contributed by atoms with Gasteiger partial charge in [0.15, 0.2) is 5.82 Å². The third-order valence-corrected chi connectivity index (χ3v) is 14.4. The minimum atomic E-state index is -1.03. The van der Waals surface area contributed by atoms with E-state index in [4.69, 9.17) is 16.6 Å². The van der Waals surface area contributed by atoms with E-state index in [1.54, 1.807) is 50.3 Å². The number of benzene rings is 2. The molecule has 3 aromatic heterocycles. The summed E-state index contributed by atoms with van der Waals surface area (Å²) in [4.78, 5) is 58.9. The third-order valence-electron chi connectivity index (χ3n) is 14.0. The molecule has 6 heterocycles. The normalized spacial score (nSPS) is 18.8. The maximum atomic E-state index is 14.0. The Bertz CT molecular complexity index is 2820. The molecule has 352 valence electrons. The van der Waals surface area contributed by atoms with Crippen LogP contribution in [0.25, 0.3) is 11.3 Å². The van der Waals surface area contributed by atoms with Gasteiger partial charge in [0.2, 0.25) is 5.91 Å². The highest BCUT2D eigenvalue weighted by Crippen LogP contribution is 2.41. The second-order valence-electron chi connectivity index (χ2n) is 19.9. The highest BCUT2D eigenvalue weighted by Gasteiger charge is 2.38. The van der Waals surface area contributed by atoms with E-state index in [0.29, 0.717) is 63.9 Å². The van der Waals surface area contributed by atoms with Gasteiger partial charge in [0.05, 0.1) is 29.3 Å². The standard InChI is InChI=1S/C51H61ClN10O5/c1-8-45(64)55-40-24-33(9-12-42(40)60-20-19-59(28-31(60)2)34-14-17-58(18-15-34)35-10-11-39(52)38(25-35)51(5,6)67)54-46-49(66)57(7)29-41(56-46)36-13-16-53-47(37(36)30-63)62-22-21-61-43(48(62)65)23-32-26-50(3,4)27-44(32)61/h8-13,16,23-25,29,31,34,63,67H,1,14-15,17-22,26-28,30H2,2-7H3,(H,54,56)(H,55,64). The van der Waals surface area contributed by atoms with E-state index in [0.717, 1.165) is 75.3 Å². The summed E-state index contributed by atoms with van der Waals surface area (Å²) in [6.07, 6.45) is 8.32. The summed E-state index contributed by atoms with van der Waals surface area (Å²) in [5, 5.41) is 28.3. The molecule has 15 nitrogen and oxygen atoms in total. The molecule has 0 bridgehead atoms. The van der Waals surface area contributed by atoms with Gasteiger partial charge in [-0.25, -0.2) is 9.97 Å².